The molecule has 0 bridgehead atoms. The minimum absolute atomic E-state index is 0.150. The minimum Gasteiger partial charge on any atom is -0.393 e. The van der Waals surface area contributed by atoms with Crippen LogP contribution in [0.1, 0.15) is 40.4 Å². The van der Waals surface area contributed by atoms with Crippen LogP contribution in [0.3, 0.4) is 0 Å². The van der Waals surface area contributed by atoms with Crippen molar-refractivity contribution in [3.8, 4) is 0 Å². The van der Waals surface area contributed by atoms with E-state index in [0.717, 1.165) is 11.1 Å². The Hall–Kier alpha value is -2.24. The number of hydrogen-bond donors (Lipinski definition) is 2. The lowest BCUT2D eigenvalue weighted by molar-refractivity contribution is 0.0235. The van der Waals surface area contributed by atoms with Gasteiger partial charge in [-0.05, 0) is 54.2 Å². The van der Waals surface area contributed by atoms with Crippen molar-refractivity contribution in [2.75, 3.05) is 7.11 Å². The fourth-order valence-electron chi connectivity index (χ4n) is 3.19. The summed E-state index contributed by atoms with van der Waals surface area (Å²) in [6.45, 7) is 0.500. The molecule has 4 nitrogen and oxygen atoms in total. The van der Waals surface area contributed by atoms with Crippen LogP contribution < -0.4 is 5.32 Å². The van der Waals surface area contributed by atoms with Crippen LogP contribution >= 0.6 is 0 Å². The molecule has 0 aliphatic heterocycles. The molecule has 1 fully saturated rings. The number of ether oxygens (including phenoxy) is 1. The zero-order valence-electron chi connectivity index (χ0n) is 14.1. The van der Waals surface area contributed by atoms with Crippen molar-refractivity contribution < 1.29 is 19.0 Å². The number of aliphatic hydroxyl groups is 1. The van der Waals surface area contributed by atoms with Gasteiger partial charge in [-0.2, -0.15) is 0 Å². The number of amides is 1. The van der Waals surface area contributed by atoms with E-state index in [1.165, 1.54) is 12.1 Å². The lowest BCUT2D eigenvalue weighted by Gasteiger charge is -2.38. The summed E-state index contributed by atoms with van der Waals surface area (Å²) in [5.74, 6) is -0.340. The third-order valence-corrected chi connectivity index (χ3v) is 4.66. The molecule has 132 valence electrons. The summed E-state index contributed by atoms with van der Waals surface area (Å²) in [7, 11) is 1.63. The van der Waals surface area contributed by atoms with Crippen LogP contribution in [0.15, 0.2) is 48.5 Å². The number of aliphatic hydroxyl groups excluding tert-OH is 1. The highest BCUT2D eigenvalue weighted by molar-refractivity contribution is 5.94. The van der Waals surface area contributed by atoms with Crippen LogP contribution in [0.25, 0.3) is 0 Å². The smallest absolute Gasteiger partial charge is 0.251 e. The van der Waals surface area contributed by atoms with Crippen molar-refractivity contribution in [1.82, 2.24) is 5.32 Å². The van der Waals surface area contributed by atoms with Crippen molar-refractivity contribution in [1.29, 1.82) is 0 Å². The highest BCUT2D eigenvalue weighted by atomic mass is 19.1. The Kier molecular flexibility index (Phi) is 5.46. The summed E-state index contributed by atoms with van der Waals surface area (Å²) in [4.78, 5) is 12.6. The molecule has 3 rings (SSSR count). The molecule has 0 spiro atoms. The first-order valence-electron chi connectivity index (χ1n) is 8.39. The van der Waals surface area contributed by atoms with E-state index in [0.29, 0.717) is 25.0 Å². The number of carbonyl (C=O) groups is 1. The van der Waals surface area contributed by atoms with Gasteiger partial charge < -0.3 is 15.2 Å². The molecule has 0 heterocycles. The quantitative estimate of drug-likeness (QED) is 0.847. The zero-order chi connectivity index (χ0) is 17.8. The second-order valence-corrected chi connectivity index (χ2v) is 6.52. The minimum atomic E-state index is -0.321. The monoisotopic (exact) mass is 343 g/mol. The molecule has 1 amide bonds. The van der Waals surface area contributed by atoms with Crippen molar-refractivity contribution in [3.63, 3.8) is 0 Å². The fraction of sp³-hybridized carbons (Fsp3) is 0.350. The second-order valence-electron chi connectivity index (χ2n) is 6.52. The van der Waals surface area contributed by atoms with Gasteiger partial charge in [0, 0.05) is 12.7 Å². The lowest BCUT2D eigenvalue weighted by Crippen LogP contribution is -2.41. The Bertz CT molecular complexity index is 709. The highest BCUT2D eigenvalue weighted by Crippen LogP contribution is 2.38. The Balaban J connectivity index is 1.75. The Morgan fingerprint density at radius 3 is 2.40 bits per heavy atom. The predicted molar refractivity (Wildman–Crippen MR) is 92.5 cm³/mol. The summed E-state index contributed by atoms with van der Waals surface area (Å²) in [6.07, 6.45) is 0.947. The van der Waals surface area contributed by atoms with E-state index in [1.54, 1.807) is 31.4 Å². The largest absolute Gasteiger partial charge is 0.393 e. The standard InChI is InChI=1S/C20H22FNO3/c1-25-12-13-2-4-15(5-3-13)20(24)22-19(16-10-18(23)11-16)14-6-8-17(21)9-7-14/h2-9,16,18-19,23H,10-12H2,1H3,(H,22,24)/t16?,18?,19-/m1/s1. The Morgan fingerprint density at radius 1 is 1.20 bits per heavy atom. The molecule has 1 aliphatic carbocycles. The van der Waals surface area contributed by atoms with Gasteiger partial charge in [-0.3, -0.25) is 4.79 Å². The fourth-order valence-corrected chi connectivity index (χ4v) is 3.19. The number of rotatable bonds is 6. The first-order chi connectivity index (χ1) is 12.1. The van der Waals surface area contributed by atoms with Crippen molar-refractivity contribution >= 4 is 5.91 Å². The molecule has 2 aromatic carbocycles. The number of benzene rings is 2. The van der Waals surface area contributed by atoms with Crippen molar-refractivity contribution in [3.05, 3.63) is 71.0 Å². The van der Waals surface area contributed by atoms with Gasteiger partial charge in [0.25, 0.3) is 5.91 Å². The van der Waals surface area contributed by atoms with E-state index < -0.39 is 0 Å². The van der Waals surface area contributed by atoms with E-state index in [-0.39, 0.29) is 29.8 Å². The van der Waals surface area contributed by atoms with Gasteiger partial charge >= 0.3 is 0 Å². The van der Waals surface area contributed by atoms with E-state index >= 15 is 0 Å². The molecule has 5 heteroatoms. The van der Waals surface area contributed by atoms with Crippen LogP contribution in [0.4, 0.5) is 4.39 Å². The molecule has 0 radical (unpaired) electrons. The molecule has 25 heavy (non-hydrogen) atoms. The molecule has 0 unspecified atom stereocenters. The van der Waals surface area contributed by atoms with Crippen LogP contribution in [0, 0.1) is 11.7 Å². The number of methoxy groups -OCH3 is 1. The number of nitrogens with one attached hydrogen (secondary N) is 1. The van der Waals surface area contributed by atoms with Gasteiger partial charge in [-0.15, -0.1) is 0 Å². The SMILES string of the molecule is COCc1ccc(C(=O)N[C@H](c2ccc(F)cc2)C2CC(O)C2)cc1. The average molecular weight is 343 g/mol. The molecule has 1 aliphatic rings. The second kappa shape index (κ2) is 7.76. The van der Waals surface area contributed by atoms with E-state index in [2.05, 4.69) is 5.32 Å². The average Bonchev–Trinajstić information content (AvgIpc) is 2.59. The first-order valence-corrected chi connectivity index (χ1v) is 8.39. The zero-order valence-corrected chi connectivity index (χ0v) is 14.1. The summed E-state index contributed by atoms with van der Waals surface area (Å²) < 4.78 is 18.3. The summed E-state index contributed by atoms with van der Waals surface area (Å²) in [6, 6.07) is 13.2. The maximum Gasteiger partial charge on any atom is 0.251 e. The third-order valence-electron chi connectivity index (χ3n) is 4.66. The van der Waals surface area contributed by atoms with Crippen LogP contribution in [0.5, 0.6) is 0 Å². The van der Waals surface area contributed by atoms with Crippen LogP contribution in [-0.4, -0.2) is 24.2 Å². The van der Waals surface area contributed by atoms with Crippen molar-refractivity contribution in [2.24, 2.45) is 5.92 Å². The molecule has 0 saturated heterocycles. The molecule has 1 atom stereocenters. The maximum absolute atomic E-state index is 13.2. The molecule has 2 N–H and O–H groups in total. The normalized spacial score (nSPS) is 20.6. The molecule has 1 saturated carbocycles. The number of halogens is 1. The Labute approximate surface area is 146 Å². The molecule has 0 aromatic heterocycles. The Morgan fingerprint density at radius 2 is 1.84 bits per heavy atom. The van der Waals surface area contributed by atoms with Crippen LogP contribution in [-0.2, 0) is 11.3 Å². The van der Waals surface area contributed by atoms with E-state index in [9.17, 15) is 14.3 Å². The van der Waals surface area contributed by atoms with Gasteiger partial charge in [0.1, 0.15) is 5.82 Å². The maximum atomic E-state index is 13.2. The lowest BCUT2D eigenvalue weighted by atomic mass is 9.75. The topological polar surface area (TPSA) is 58.6 Å². The summed E-state index contributed by atoms with van der Waals surface area (Å²) >= 11 is 0. The van der Waals surface area contributed by atoms with Gasteiger partial charge in [0.15, 0.2) is 0 Å². The van der Waals surface area contributed by atoms with Crippen LogP contribution in [0.2, 0.25) is 0 Å². The highest BCUT2D eigenvalue weighted by Gasteiger charge is 2.35. The van der Waals surface area contributed by atoms with Gasteiger partial charge in [0.2, 0.25) is 0 Å². The summed E-state index contributed by atoms with van der Waals surface area (Å²) in [5.41, 5.74) is 2.41. The number of hydrogen-bond acceptors (Lipinski definition) is 3. The van der Waals surface area contributed by atoms with Gasteiger partial charge in [-0.25, -0.2) is 4.39 Å². The van der Waals surface area contributed by atoms with Gasteiger partial charge in [0.05, 0.1) is 18.8 Å². The van der Waals surface area contributed by atoms with E-state index in [4.69, 9.17) is 4.74 Å². The van der Waals surface area contributed by atoms with Gasteiger partial charge in [-0.1, -0.05) is 24.3 Å². The third kappa shape index (κ3) is 4.24. The van der Waals surface area contributed by atoms with E-state index in [1.807, 2.05) is 12.1 Å². The molecule has 2 aromatic rings. The molecular weight excluding hydrogens is 321 g/mol. The number of carbonyl (C=O) groups excluding carboxylic acids is 1. The molecular formula is C20H22FNO3. The van der Waals surface area contributed by atoms with Crippen molar-refractivity contribution in [2.45, 2.75) is 31.6 Å². The summed E-state index contributed by atoms with van der Waals surface area (Å²) in [5, 5.41) is 12.6. The first kappa shape index (κ1) is 17.6. The predicted octanol–water partition coefficient (Wildman–Crippen LogP) is 3.21.